The number of benzene rings is 2. The quantitative estimate of drug-likeness (QED) is 0.755. The second kappa shape index (κ2) is 8.65. The van der Waals surface area contributed by atoms with Crippen LogP contribution in [0.1, 0.15) is 28.8 Å². The summed E-state index contributed by atoms with van der Waals surface area (Å²) in [5.41, 5.74) is 1.72. The Morgan fingerprint density at radius 1 is 0.828 bits per heavy atom. The standard InChI is InChI=1S/C22H27N3O3S/c26-22(24-15-13-23(14-16-24)18-19-7-2-1-3-8-19)20-9-6-10-21(17-20)29(27,28)25-11-4-5-12-25/h1-3,6-10,17H,4-5,11-16,18H2. The lowest BCUT2D eigenvalue weighted by atomic mass is 10.1. The zero-order valence-corrected chi connectivity index (χ0v) is 17.4. The van der Waals surface area contributed by atoms with Crippen molar-refractivity contribution in [2.75, 3.05) is 39.3 Å². The number of nitrogens with zero attached hydrogens (tertiary/aromatic N) is 3. The van der Waals surface area contributed by atoms with Gasteiger partial charge in [0, 0.05) is 51.4 Å². The van der Waals surface area contributed by atoms with Gasteiger partial charge in [-0.2, -0.15) is 4.31 Å². The Hall–Kier alpha value is -2.22. The average molecular weight is 414 g/mol. The summed E-state index contributed by atoms with van der Waals surface area (Å²) in [5, 5.41) is 0. The fraction of sp³-hybridized carbons (Fsp3) is 0.409. The molecule has 7 heteroatoms. The third-order valence-electron chi connectivity index (χ3n) is 5.69. The predicted octanol–water partition coefficient (Wildman–Crippen LogP) is 2.43. The monoisotopic (exact) mass is 413 g/mol. The Kier molecular flexibility index (Phi) is 5.99. The summed E-state index contributed by atoms with van der Waals surface area (Å²) in [6, 6.07) is 16.8. The molecule has 0 unspecified atom stereocenters. The molecule has 154 valence electrons. The van der Waals surface area contributed by atoms with E-state index in [0.717, 1.165) is 32.5 Å². The molecule has 2 aliphatic rings. The third kappa shape index (κ3) is 4.52. The van der Waals surface area contributed by atoms with Crippen molar-refractivity contribution < 1.29 is 13.2 Å². The van der Waals surface area contributed by atoms with Crippen LogP contribution in [0.5, 0.6) is 0 Å². The topological polar surface area (TPSA) is 60.9 Å². The lowest BCUT2D eigenvalue weighted by Crippen LogP contribution is -2.48. The lowest BCUT2D eigenvalue weighted by Gasteiger charge is -2.34. The molecule has 2 saturated heterocycles. The molecule has 2 aromatic carbocycles. The molecule has 4 rings (SSSR count). The average Bonchev–Trinajstić information content (AvgIpc) is 3.31. The van der Waals surface area contributed by atoms with Crippen LogP contribution in [0.25, 0.3) is 0 Å². The van der Waals surface area contributed by atoms with Gasteiger partial charge in [-0.3, -0.25) is 9.69 Å². The van der Waals surface area contributed by atoms with Crippen molar-refractivity contribution in [2.24, 2.45) is 0 Å². The maximum atomic E-state index is 13.0. The molecule has 29 heavy (non-hydrogen) atoms. The van der Waals surface area contributed by atoms with Gasteiger partial charge in [0.2, 0.25) is 10.0 Å². The van der Waals surface area contributed by atoms with Crippen molar-refractivity contribution >= 4 is 15.9 Å². The van der Waals surface area contributed by atoms with E-state index in [0.29, 0.717) is 31.7 Å². The summed E-state index contributed by atoms with van der Waals surface area (Å²) in [6.45, 7) is 4.92. The van der Waals surface area contributed by atoms with Crippen LogP contribution in [0.3, 0.4) is 0 Å². The number of hydrogen-bond acceptors (Lipinski definition) is 4. The van der Waals surface area contributed by atoms with Crippen molar-refractivity contribution in [1.82, 2.24) is 14.1 Å². The van der Waals surface area contributed by atoms with Gasteiger partial charge < -0.3 is 4.90 Å². The number of carbonyl (C=O) groups is 1. The van der Waals surface area contributed by atoms with Gasteiger partial charge >= 0.3 is 0 Å². The number of hydrogen-bond donors (Lipinski definition) is 0. The molecule has 0 aromatic heterocycles. The summed E-state index contributed by atoms with van der Waals surface area (Å²) in [4.78, 5) is 17.3. The number of sulfonamides is 1. The van der Waals surface area contributed by atoms with Crippen LogP contribution in [-0.4, -0.2) is 67.7 Å². The van der Waals surface area contributed by atoms with Crippen molar-refractivity contribution in [1.29, 1.82) is 0 Å². The van der Waals surface area contributed by atoms with E-state index in [-0.39, 0.29) is 10.8 Å². The van der Waals surface area contributed by atoms with Gasteiger partial charge in [-0.15, -0.1) is 0 Å². The molecule has 6 nitrogen and oxygen atoms in total. The van der Waals surface area contributed by atoms with E-state index < -0.39 is 10.0 Å². The maximum absolute atomic E-state index is 13.0. The van der Waals surface area contributed by atoms with E-state index in [4.69, 9.17) is 0 Å². The Morgan fingerprint density at radius 3 is 2.21 bits per heavy atom. The van der Waals surface area contributed by atoms with Crippen LogP contribution >= 0.6 is 0 Å². The van der Waals surface area contributed by atoms with E-state index >= 15 is 0 Å². The largest absolute Gasteiger partial charge is 0.336 e. The van der Waals surface area contributed by atoms with Gasteiger partial charge in [-0.25, -0.2) is 8.42 Å². The van der Waals surface area contributed by atoms with Crippen LogP contribution < -0.4 is 0 Å². The predicted molar refractivity (Wildman–Crippen MR) is 112 cm³/mol. The molecule has 2 aromatic rings. The minimum absolute atomic E-state index is 0.0946. The van der Waals surface area contributed by atoms with Crippen molar-refractivity contribution in [3.8, 4) is 0 Å². The smallest absolute Gasteiger partial charge is 0.253 e. The summed E-state index contributed by atoms with van der Waals surface area (Å²) in [6.07, 6.45) is 1.79. The van der Waals surface area contributed by atoms with Crippen LogP contribution in [0.4, 0.5) is 0 Å². The van der Waals surface area contributed by atoms with Gasteiger partial charge in [0.25, 0.3) is 5.91 Å². The van der Waals surface area contributed by atoms with Gasteiger partial charge in [0.1, 0.15) is 0 Å². The fourth-order valence-electron chi connectivity index (χ4n) is 4.00. The molecule has 2 heterocycles. The van der Waals surface area contributed by atoms with E-state index in [1.54, 1.807) is 18.2 Å². The normalized spacial score (nSPS) is 18.8. The maximum Gasteiger partial charge on any atom is 0.253 e. The van der Waals surface area contributed by atoms with E-state index in [2.05, 4.69) is 17.0 Å². The molecule has 2 fully saturated rings. The molecule has 0 spiro atoms. The SMILES string of the molecule is O=C(c1cccc(S(=O)(=O)N2CCCC2)c1)N1CCN(Cc2ccccc2)CC1. The number of carbonyl (C=O) groups excluding carboxylic acids is 1. The highest BCUT2D eigenvalue weighted by atomic mass is 32.2. The molecule has 0 saturated carbocycles. The second-order valence-corrected chi connectivity index (χ2v) is 9.63. The van der Waals surface area contributed by atoms with Crippen molar-refractivity contribution in [3.05, 3.63) is 65.7 Å². The lowest BCUT2D eigenvalue weighted by molar-refractivity contribution is 0.0628. The third-order valence-corrected chi connectivity index (χ3v) is 7.59. The second-order valence-electron chi connectivity index (χ2n) is 7.69. The zero-order chi connectivity index (χ0) is 20.3. The molecule has 0 radical (unpaired) electrons. The highest BCUT2D eigenvalue weighted by molar-refractivity contribution is 7.89. The van der Waals surface area contributed by atoms with Gasteiger partial charge in [-0.05, 0) is 36.6 Å². The molecular weight excluding hydrogens is 386 g/mol. The summed E-state index contributed by atoms with van der Waals surface area (Å²) < 4.78 is 27.1. The fourth-order valence-corrected chi connectivity index (χ4v) is 5.56. The molecule has 0 N–H and O–H groups in total. The summed E-state index contributed by atoms with van der Waals surface area (Å²) in [5.74, 6) is -0.0946. The molecule has 1 amide bonds. The van der Waals surface area contributed by atoms with Gasteiger partial charge in [0.05, 0.1) is 4.90 Å². The number of piperazine rings is 1. The molecule has 0 atom stereocenters. The van der Waals surface area contributed by atoms with Crippen molar-refractivity contribution in [3.63, 3.8) is 0 Å². The first kappa shape index (κ1) is 20.1. The first-order chi connectivity index (χ1) is 14.0. The summed E-state index contributed by atoms with van der Waals surface area (Å²) >= 11 is 0. The van der Waals surface area contributed by atoms with E-state index in [1.165, 1.54) is 15.9 Å². The van der Waals surface area contributed by atoms with Crippen molar-refractivity contribution in [2.45, 2.75) is 24.3 Å². The minimum atomic E-state index is -3.51. The first-order valence-corrected chi connectivity index (χ1v) is 11.6. The summed E-state index contributed by atoms with van der Waals surface area (Å²) in [7, 11) is -3.51. The van der Waals surface area contributed by atoms with Crippen LogP contribution in [0.2, 0.25) is 0 Å². The Labute approximate surface area is 172 Å². The molecule has 2 aliphatic heterocycles. The number of rotatable bonds is 5. The van der Waals surface area contributed by atoms with E-state index in [1.807, 2.05) is 23.1 Å². The number of amides is 1. The Balaban J connectivity index is 1.40. The van der Waals surface area contributed by atoms with Crippen LogP contribution in [0, 0.1) is 0 Å². The van der Waals surface area contributed by atoms with Crippen LogP contribution in [-0.2, 0) is 16.6 Å². The first-order valence-electron chi connectivity index (χ1n) is 10.2. The van der Waals surface area contributed by atoms with Gasteiger partial charge in [-0.1, -0.05) is 36.4 Å². The van der Waals surface area contributed by atoms with Crippen LogP contribution in [0.15, 0.2) is 59.5 Å². The van der Waals surface area contributed by atoms with E-state index in [9.17, 15) is 13.2 Å². The zero-order valence-electron chi connectivity index (χ0n) is 16.5. The molecule has 0 bridgehead atoms. The highest BCUT2D eigenvalue weighted by Crippen LogP contribution is 2.22. The van der Waals surface area contributed by atoms with Gasteiger partial charge in [0.15, 0.2) is 0 Å². The Bertz CT molecular complexity index is 948. The molecular formula is C22H27N3O3S. The minimum Gasteiger partial charge on any atom is -0.336 e. The Morgan fingerprint density at radius 2 is 1.52 bits per heavy atom. The molecule has 0 aliphatic carbocycles. The highest BCUT2D eigenvalue weighted by Gasteiger charge is 2.28.